The van der Waals surface area contributed by atoms with Gasteiger partial charge in [-0.05, 0) is 25.0 Å². The molecule has 0 radical (unpaired) electrons. The molecule has 10 heteroatoms. The summed E-state index contributed by atoms with van der Waals surface area (Å²) in [7, 11) is 0. The SMILES string of the molecule is C=C1S/C(=N\C(=O)N2CCCC2)N(c2ccc3c(c2)OC(F)(F)O3)C1O. The van der Waals surface area contributed by atoms with Crippen LogP contribution in [-0.2, 0) is 0 Å². The Bertz CT molecular complexity index is 811. The van der Waals surface area contributed by atoms with Crippen LogP contribution >= 0.6 is 11.8 Å². The molecule has 0 spiro atoms. The molecule has 0 bridgehead atoms. The number of anilines is 1. The van der Waals surface area contributed by atoms with E-state index in [4.69, 9.17) is 0 Å². The number of alkyl halides is 2. The maximum Gasteiger partial charge on any atom is 0.586 e. The lowest BCUT2D eigenvalue weighted by molar-refractivity contribution is -0.286. The molecule has 4 rings (SSSR count). The van der Waals surface area contributed by atoms with Crippen LogP contribution in [0.4, 0.5) is 19.3 Å². The van der Waals surface area contributed by atoms with Crippen molar-refractivity contribution < 1.29 is 28.2 Å². The van der Waals surface area contributed by atoms with Gasteiger partial charge in [0.25, 0.3) is 0 Å². The summed E-state index contributed by atoms with van der Waals surface area (Å²) in [4.78, 5) is 19.7. The normalized spacial score (nSPS) is 25.4. The predicted molar refractivity (Wildman–Crippen MR) is 91.5 cm³/mol. The summed E-state index contributed by atoms with van der Waals surface area (Å²) in [5.74, 6) is -0.266. The van der Waals surface area contributed by atoms with Crippen molar-refractivity contribution in [1.82, 2.24) is 4.90 Å². The molecule has 7 nitrogen and oxygen atoms in total. The number of carbonyl (C=O) groups excluding carboxylic acids is 1. The van der Waals surface area contributed by atoms with E-state index >= 15 is 0 Å². The Balaban J connectivity index is 1.65. The van der Waals surface area contributed by atoms with Gasteiger partial charge in [0.05, 0.1) is 0 Å². The molecule has 1 aromatic rings. The first kappa shape index (κ1) is 17.1. The first-order valence-corrected chi connectivity index (χ1v) is 8.77. The zero-order chi connectivity index (χ0) is 18.5. The lowest BCUT2D eigenvalue weighted by atomic mass is 10.2. The highest BCUT2D eigenvalue weighted by Gasteiger charge is 2.44. The summed E-state index contributed by atoms with van der Waals surface area (Å²) in [6.07, 6.45) is -3.02. The van der Waals surface area contributed by atoms with Crippen molar-refractivity contribution in [2.45, 2.75) is 25.4 Å². The number of aliphatic imine (C=N–C) groups is 1. The van der Waals surface area contributed by atoms with E-state index in [-0.39, 0.29) is 16.7 Å². The molecule has 3 heterocycles. The number of amides is 2. The van der Waals surface area contributed by atoms with E-state index in [0.29, 0.717) is 23.7 Å². The Morgan fingerprint density at radius 2 is 2.00 bits per heavy atom. The fourth-order valence-corrected chi connectivity index (χ4v) is 3.82. The van der Waals surface area contributed by atoms with Crippen LogP contribution in [0.3, 0.4) is 0 Å². The number of thioether (sulfide) groups is 1. The first-order chi connectivity index (χ1) is 12.3. The number of likely N-dealkylation sites (tertiary alicyclic amines) is 1. The third-order valence-corrected chi connectivity index (χ3v) is 5.14. The van der Waals surface area contributed by atoms with Crippen LogP contribution in [0.2, 0.25) is 0 Å². The van der Waals surface area contributed by atoms with Gasteiger partial charge in [-0.3, -0.25) is 4.90 Å². The van der Waals surface area contributed by atoms with Gasteiger partial charge in [-0.2, -0.15) is 4.99 Å². The minimum atomic E-state index is -3.73. The van der Waals surface area contributed by atoms with Gasteiger partial charge >= 0.3 is 12.3 Å². The van der Waals surface area contributed by atoms with Crippen molar-refractivity contribution in [3.8, 4) is 11.5 Å². The van der Waals surface area contributed by atoms with Gasteiger partial charge in [0.1, 0.15) is 0 Å². The maximum atomic E-state index is 13.2. The van der Waals surface area contributed by atoms with Gasteiger partial charge in [-0.1, -0.05) is 18.3 Å². The number of aliphatic hydroxyl groups excluding tert-OH is 1. The number of nitrogens with zero attached hydrogens (tertiary/aromatic N) is 3. The molecule has 26 heavy (non-hydrogen) atoms. The Labute approximate surface area is 151 Å². The van der Waals surface area contributed by atoms with Crippen LogP contribution in [0.25, 0.3) is 0 Å². The van der Waals surface area contributed by atoms with Crippen molar-refractivity contribution in [2.24, 2.45) is 4.99 Å². The number of halogens is 2. The van der Waals surface area contributed by atoms with E-state index < -0.39 is 18.6 Å². The number of amidine groups is 1. The van der Waals surface area contributed by atoms with Crippen molar-refractivity contribution in [3.63, 3.8) is 0 Å². The van der Waals surface area contributed by atoms with Gasteiger partial charge in [0.15, 0.2) is 22.9 Å². The number of fused-ring (bicyclic) bond motifs is 1. The average molecular weight is 383 g/mol. The van der Waals surface area contributed by atoms with Gasteiger partial charge in [-0.15, -0.1) is 8.78 Å². The molecule has 0 aliphatic carbocycles. The summed E-state index contributed by atoms with van der Waals surface area (Å²) in [5, 5.41) is 10.6. The number of hydrogen-bond donors (Lipinski definition) is 1. The van der Waals surface area contributed by atoms with Crippen molar-refractivity contribution in [1.29, 1.82) is 0 Å². The molecule has 1 unspecified atom stereocenters. The molecule has 1 atom stereocenters. The lowest BCUT2D eigenvalue weighted by Gasteiger charge is -2.22. The number of benzene rings is 1. The summed E-state index contributed by atoms with van der Waals surface area (Å²) in [5.41, 5.74) is 0.330. The lowest BCUT2D eigenvalue weighted by Crippen LogP contribution is -2.34. The van der Waals surface area contributed by atoms with Crippen molar-refractivity contribution in [2.75, 3.05) is 18.0 Å². The molecule has 0 aromatic heterocycles. The van der Waals surface area contributed by atoms with Crippen molar-refractivity contribution in [3.05, 3.63) is 29.7 Å². The molecule has 3 aliphatic rings. The van der Waals surface area contributed by atoms with E-state index in [9.17, 15) is 18.7 Å². The minimum absolute atomic E-state index is 0.106. The van der Waals surface area contributed by atoms with Crippen LogP contribution in [0.15, 0.2) is 34.7 Å². The van der Waals surface area contributed by atoms with Gasteiger partial charge in [-0.25, -0.2) is 4.79 Å². The molecule has 2 amide bonds. The Morgan fingerprint density at radius 3 is 2.73 bits per heavy atom. The molecule has 1 aromatic carbocycles. The molecule has 2 saturated heterocycles. The second kappa shape index (κ2) is 6.13. The highest BCUT2D eigenvalue weighted by atomic mass is 32.2. The van der Waals surface area contributed by atoms with Crippen LogP contribution in [0.5, 0.6) is 11.5 Å². The fraction of sp³-hybridized carbons (Fsp3) is 0.375. The number of hydrogen-bond acceptors (Lipinski definition) is 5. The predicted octanol–water partition coefficient (Wildman–Crippen LogP) is 2.97. The summed E-state index contributed by atoms with van der Waals surface area (Å²) in [6, 6.07) is 3.68. The zero-order valence-corrected chi connectivity index (χ0v) is 14.3. The number of ether oxygens (including phenoxy) is 2. The Morgan fingerprint density at radius 1 is 1.31 bits per heavy atom. The van der Waals surface area contributed by atoms with E-state index in [1.165, 1.54) is 23.1 Å². The van der Waals surface area contributed by atoms with Crippen LogP contribution in [0.1, 0.15) is 12.8 Å². The quantitative estimate of drug-likeness (QED) is 0.804. The molecule has 2 fully saturated rings. The van der Waals surface area contributed by atoms with E-state index in [2.05, 4.69) is 21.0 Å². The third-order valence-electron chi connectivity index (χ3n) is 4.19. The number of rotatable bonds is 1. The van der Waals surface area contributed by atoms with Crippen LogP contribution in [-0.4, -0.2) is 46.8 Å². The largest absolute Gasteiger partial charge is 0.586 e. The molecule has 3 aliphatic heterocycles. The highest BCUT2D eigenvalue weighted by Crippen LogP contribution is 2.45. The summed E-state index contributed by atoms with van der Waals surface area (Å²) in [6.45, 7) is 5.03. The minimum Gasteiger partial charge on any atom is -0.395 e. The molecular formula is C16H15F2N3O4S. The Hall–Kier alpha value is -2.33. The van der Waals surface area contributed by atoms with Crippen molar-refractivity contribution >= 4 is 28.6 Å². The van der Waals surface area contributed by atoms with E-state index in [1.807, 2.05) is 0 Å². The third kappa shape index (κ3) is 2.99. The topological polar surface area (TPSA) is 74.6 Å². The standard InChI is InChI=1S/C16H15F2N3O4S/c1-9-13(22)21(15(26-9)19-14(23)20-6-2-3-7-20)10-4-5-11-12(8-10)25-16(17,18)24-11/h4-5,8,13,22H,1-3,6-7H2/b19-15-. The highest BCUT2D eigenvalue weighted by molar-refractivity contribution is 8.18. The average Bonchev–Trinajstić information content (AvgIpc) is 3.25. The number of aliphatic hydroxyl groups is 1. The van der Waals surface area contributed by atoms with Gasteiger partial charge in [0, 0.05) is 29.7 Å². The van der Waals surface area contributed by atoms with Gasteiger partial charge < -0.3 is 19.5 Å². The summed E-state index contributed by atoms with van der Waals surface area (Å²) >= 11 is 1.06. The molecule has 1 N–H and O–H groups in total. The van der Waals surface area contributed by atoms with E-state index in [0.717, 1.165) is 24.6 Å². The van der Waals surface area contributed by atoms with Crippen LogP contribution < -0.4 is 14.4 Å². The maximum absolute atomic E-state index is 13.2. The van der Waals surface area contributed by atoms with Crippen LogP contribution in [0, 0.1) is 0 Å². The molecule has 0 saturated carbocycles. The second-order valence-corrected chi connectivity index (χ2v) is 7.08. The molecular weight excluding hydrogens is 368 g/mol. The monoisotopic (exact) mass is 383 g/mol. The summed E-state index contributed by atoms with van der Waals surface area (Å²) < 4.78 is 35.2. The first-order valence-electron chi connectivity index (χ1n) is 7.95. The number of carbonyl (C=O) groups is 1. The Kier molecular flexibility index (Phi) is 4.03. The second-order valence-electron chi connectivity index (χ2n) is 5.98. The fourth-order valence-electron chi connectivity index (χ4n) is 2.94. The van der Waals surface area contributed by atoms with E-state index in [1.54, 1.807) is 4.90 Å². The zero-order valence-electron chi connectivity index (χ0n) is 13.5. The smallest absolute Gasteiger partial charge is 0.395 e. The number of urea groups is 1. The van der Waals surface area contributed by atoms with Gasteiger partial charge in [0.2, 0.25) is 0 Å². The molecule has 138 valence electrons.